The third-order valence-electron chi connectivity index (χ3n) is 15.1. The van der Waals surface area contributed by atoms with Gasteiger partial charge in [0.05, 0.1) is 144 Å². The second-order valence-electron chi connectivity index (χ2n) is 22.5. The van der Waals surface area contributed by atoms with E-state index < -0.39 is 71.5 Å². The summed E-state index contributed by atoms with van der Waals surface area (Å²) in [5.74, 6) is -5.62. The van der Waals surface area contributed by atoms with Crippen LogP contribution in [-0.2, 0) is 89.3 Å². The van der Waals surface area contributed by atoms with Gasteiger partial charge in [-0.25, -0.2) is 8.78 Å². The van der Waals surface area contributed by atoms with E-state index in [1.807, 2.05) is 27.7 Å². The lowest BCUT2D eigenvalue weighted by molar-refractivity contribution is -0.148. The lowest BCUT2D eigenvalue weighted by atomic mass is 9.81. The van der Waals surface area contributed by atoms with Crippen molar-refractivity contribution in [1.82, 2.24) is 25.8 Å². The number of fused-ring (bicyclic) bond motifs is 2. The molecule has 2 heterocycles. The van der Waals surface area contributed by atoms with E-state index in [2.05, 4.69) is 22.9 Å². The first-order valence-electron chi connectivity index (χ1n) is 32.7. The highest BCUT2D eigenvalue weighted by Gasteiger charge is 2.31. The SMILES string of the molecule is CCCOCCOCCOCCOCCOCCOCCOCCOCCNC(=O)/C(=C\CC(=O)NC[C@H](C)OC(=O)CCC(=O)c1cc2c(F)c(OCCCOc3c(OC)cc4c(c3F)CN(C(=O)CCC)C4)c(OC)cc2s1)NC(=O)CN(C=O)C(=O)CC(C)(CC)CC. The molecule has 29 heteroatoms. The molecule has 0 bridgehead atoms. The summed E-state index contributed by atoms with van der Waals surface area (Å²) in [6.45, 7) is 17.1. The maximum absolute atomic E-state index is 16.1. The quantitative estimate of drug-likeness (QED) is 0.0169. The van der Waals surface area contributed by atoms with Crippen molar-refractivity contribution in [3.8, 4) is 23.0 Å². The number of ether oxygens (including phenoxy) is 13. The molecule has 4 rings (SSSR count). The van der Waals surface area contributed by atoms with E-state index in [1.165, 1.54) is 33.3 Å². The fourth-order valence-corrected chi connectivity index (χ4v) is 10.3. The predicted octanol–water partition coefficient (Wildman–Crippen LogP) is 6.95. The molecule has 1 atom stereocenters. The van der Waals surface area contributed by atoms with Crippen LogP contribution >= 0.6 is 11.3 Å². The number of hydrogen-bond donors (Lipinski definition) is 3. The molecule has 2 aromatic carbocycles. The van der Waals surface area contributed by atoms with Gasteiger partial charge in [-0.2, -0.15) is 0 Å². The van der Waals surface area contributed by atoms with E-state index in [4.69, 9.17) is 61.6 Å². The number of Topliss-reactive ketones (excluding diaryl/α,β-unsaturated/α-hetero) is 1. The minimum atomic E-state index is -0.875. The summed E-state index contributed by atoms with van der Waals surface area (Å²) < 4.78 is 104. The molecule has 0 saturated carbocycles. The van der Waals surface area contributed by atoms with Gasteiger partial charge in [-0.3, -0.25) is 43.3 Å². The van der Waals surface area contributed by atoms with Crippen LogP contribution < -0.4 is 34.9 Å². The van der Waals surface area contributed by atoms with Crippen LogP contribution in [0.15, 0.2) is 30.0 Å². The topological polar surface area (TPSA) is 299 Å². The molecule has 0 radical (unpaired) electrons. The molecule has 0 spiro atoms. The van der Waals surface area contributed by atoms with Crippen LogP contribution in [0.25, 0.3) is 10.1 Å². The number of thiophene rings is 1. The standard InChI is InChI=1S/C67H99F2N5O21S/c1-9-14-59(79)73-43-48-38-53(83-7)64(63(69)50(48)44-73)93-21-13-22-94-65-54(84-8)40-55-49(62(65)68)39-56(96-55)52(76)16-18-61(81)95-47(5)42-71-57(77)17-15-51(72-58(78)45-74(46-75)60(80)41-67(6,11-3)12-4)66(82)70-19-23-86-25-27-88-29-31-90-33-35-92-37-36-91-34-32-89-30-28-87-26-24-85-20-10-2/h15,38-40,46-47H,9-14,16-37,41-45H2,1-8H3,(H,70,82)(H,71,77)(H,72,78)/b51-15+/t47-/m0/s1. The molecule has 1 aliphatic heterocycles. The molecule has 0 unspecified atom stereocenters. The van der Waals surface area contributed by atoms with Gasteiger partial charge in [0.1, 0.15) is 18.3 Å². The number of nitrogens with one attached hydrogen (secondary N) is 3. The summed E-state index contributed by atoms with van der Waals surface area (Å²) in [6, 6.07) is 4.55. The van der Waals surface area contributed by atoms with Crippen LogP contribution in [0.5, 0.6) is 23.0 Å². The van der Waals surface area contributed by atoms with Gasteiger partial charge >= 0.3 is 5.97 Å². The van der Waals surface area contributed by atoms with Gasteiger partial charge in [0.15, 0.2) is 40.4 Å². The second kappa shape index (κ2) is 46.3. The molecule has 6 amide bonds. The average Bonchev–Trinajstić information content (AvgIpc) is 1.66. The van der Waals surface area contributed by atoms with Crippen molar-refractivity contribution in [2.24, 2.45) is 5.41 Å². The van der Waals surface area contributed by atoms with Crippen LogP contribution in [0.1, 0.15) is 127 Å². The molecule has 0 saturated heterocycles. The highest BCUT2D eigenvalue weighted by molar-refractivity contribution is 7.20. The normalized spacial score (nSPS) is 12.5. The van der Waals surface area contributed by atoms with Crippen LogP contribution in [0.4, 0.5) is 8.78 Å². The number of ketones is 1. The molecule has 0 aliphatic carbocycles. The third kappa shape index (κ3) is 29.4. The van der Waals surface area contributed by atoms with Crippen molar-refractivity contribution in [2.75, 3.05) is 153 Å². The van der Waals surface area contributed by atoms with Gasteiger partial charge < -0.3 is 82.4 Å². The summed E-state index contributed by atoms with van der Waals surface area (Å²) in [6.07, 6.45) is 2.99. The van der Waals surface area contributed by atoms with Crippen molar-refractivity contribution in [3.05, 3.63) is 57.6 Å². The number of carbonyl (C=O) groups excluding carboxylic acids is 8. The number of carbonyl (C=O) groups is 8. The molecule has 26 nitrogen and oxygen atoms in total. The van der Waals surface area contributed by atoms with Gasteiger partial charge in [0.25, 0.3) is 5.91 Å². The summed E-state index contributed by atoms with van der Waals surface area (Å²) >= 11 is 0.996. The fourth-order valence-electron chi connectivity index (χ4n) is 9.23. The zero-order valence-electron chi connectivity index (χ0n) is 56.9. The Kier molecular flexibility index (Phi) is 39.3. The minimum Gasteiger partial charge on any atom is -0.493 e. The van der Waals surface area contributed by atoms with Crippen molar-refractivity contribution in [1.29, 1.82) is 0 Å². The van der Waals surface area contributed by atoms with Crippen molar-refractivity contribution < 1.29 is 109 Å². The maximum Gasteiger partial charge on any atom is 0.306 e. The molecular weight excluding hydrogens is 1280 g/mol. The van der Waals surface area contributed by atoms with Gasteiger partial charge in [-0.05, 0) is 49.0 Å². The average molecular weight is 1380 g/mol. The Morgan fingerprint density at radius 3 is 1.73 bits per heavy atom. The Hall–Kier alpha value is -6.96. The number of esters is 1. The Labute approximate surface area is 565 Å². The zero-order valence-corrected chi connectivity index (χ0v) is 57.7. The first kappa shape index (κ1) is 81.5. The molecule has 1 aliphatic rings. The van der Waals surface area contributed by atoms with Crippen molar-refractivity contribution in [2.45, 2.75) is 125 Å². The highest BCUT2D eigenvalue weighted by Crippen LogP contribution is 2.42. The highest BCUT2D eigenvalue weighted by atomic mass is 32.1. The fraction of sp³-hybridized carbons (Fsp3) is 0.642. The number of methoxy groups -OCH3 is 2. The largest absolute Gasteiger partial charge is 0.493 e. The summed E-state index contributed by atoms with van der Waals surface area (Å²) in [4.78, 5) is 106. The van der Waals surface area contributed by atoms with E-state index in [9.17, 15) is 38.4 Å². The monoisotopic (exact) mass is 1380 g/mol. The Morgan fingerprint density at radius 1 is 0.656 bits per heavy atom. The van der Waals surface area contributed by atoms with E-state index >= 15 is 8.78 Å². The van der Waals surface area contributed by atoms with Gasteiger partial charge in [0.2, 0.25) is 30.0 Å². The van der Waals surface area contributed by atoms with Crippen LogP contribution in [0, 0.1) is 17.0 Å². The number of hydrogen-bond acceptors (Lipinski definition) is 22. The Morgan fingerprint density at radius 2 is 1.20 bits per heavy atom. The number of rotatable bonds is 54. The number of halogens is 2. The number of benzene rings is 2. The lowest BCUT2D eigenvalue weighted by Crippen LogP contribution is -2.43. The first-order valence-corrected chi connectivity index (χ1v) is 33.5. The summed E-state index contributed by atoms with van der Waals surface area (Å²) in [5.41, 5.74) is 0.253. The summed E-state index contributed by atoms with van der Waals surface area (Å²) in [7, 11) is 2.73. The van der Waals surface area contributed by atoms with Crippen LogP contribution in [-0.4, -0.2) is 216 Å². The first-order chi connectivity index (χ1) is 46.3. The molecule has 3 aromatic rings. The molecule has 1 aromatic heterocycles. The molecular formula is C67H99F2N5O21S. The predicted molar refractivity (Wildman–Crippen MR) is 350 cm³/mol. The second-order valence-corrected chi connectivity index (χ2v) is 23.6. The minimum absolute atomic E-state index is 0.00944. The van der Waals surface area contributed by atoms with E-state index in [0.717, 1.165) is 35.3 Å². The number of imide groups is 1. The number of amides is 6. The molecule has 96 heavy (non-hydrogen) atoms. The third-order valence-corrected chi connectivity index (χ3v) is 16.2. The van der Waals surface area contributed by atoms with Gasteiger partial charge in [0, 0.05) is 80.1 Å². The number of nitrogens with zero attached hydrogens (tertiary/aromatic N) is 2. The van der Waals surface area contributed by atoms with E-state index in [1.54, 1.807) is 11.0 Å². The van der Waals surface area contributed by atoms with Crippen LogP contribution in [0.2, 0.25) is 0 Å². The molecule has 538 valence electrons. The zero-order chi connectivity index (χ0) is 70.1. The lowest BCUT2D eigenvalue weighted by Gasteiger charge is -2.27. The Balaban J connectivity index is 1.17. The summed E-state index contributed by atoms with van der Waals surface area (Å²) in [5, 5.41) is 7.69. The molecule has 3 N–H and O–H groups in total. The van der Waals surface area contributed by atoms with Crippen molar-refractivity contribution in [3.63, 3.8) is 0 Å². The molecule has 0 fully saturated rings. The van der Waals surface area contributed by atoms with Crippen LogP contribution in [0.3, 0.4) is 0 Å². The maximum atomic E-state index is 16.1. The van der Waals surface area contributed by atoms with Gasteiger partial charge in [-0.1, -0.05) is 47.5 Å². The van der Waals surface area contributed by atoms with E-state index in [0.29, 0.717) is 121 Å². The smallest absolute Gasteiger partial charge is 0.306 e. The van der Waals surface area contributed by atoms with Crippen molar-refractivity contribution >= 4 is 69.1 Å². The Bertz CT molecular complexity index is 2950. The van der Waals surface area contributed by atoms with Gasteiger partial charge in [-0.15, -0.1) is 11.3 Å². The van der Waals surface area contributed by atoms with E-state index in [-0.39, 0.29) is 136 Å².